The molecule has 0 bridgehead atoms. The Labute approximate surface area is 147 Å². The van der Waals surface area contributed by atoms with Crippen molar-refractivity contribution in [3.8, 4) is 5.75 Å². The van der Waals surface area contributed by atoms with Gasteiger partial charge in [0, 0.05) is 11.8 Å². The molecule has 1 amide bonds. The van der Waals surface area contributed by atoms with Crippen LogP contribution in [0.15, 0.2) is 42.5 Å². The molecule has 0 heterocycles. The summed E-state index contributed by atoms with van der Waals surface area (Å²) in [5.74, 6) is -0.289. The third kappa shape index (κ3) is 5.04. The molecule has 0 aliphatic carbocycles. The van der Waals surface area contributed by atoms with Crippen LogP contribution in [0.2, 0.25) is 0 Å². The zero-order valence-electron chi connectivity index (χ0n) is 14.8. The predicted molar refractivity (Wildman–Crippen MR) is 97.1 cm³/mol. The van der Waals surface area contributed by atoms with E-state index in [9.17, 15) is 14.9 Å². The number of rotatable bonds is 5. The van der Waals surface area contributed by atoms with Crippen LogP contribution in [0.3, 0.4) is 0 Å². The van der Waals surface area contributed by atoms with Crippen LogP contribution in [-0.2, 0) is 10.2 Å². The molecular weight excluding hydrogens is 320 g/mol. The molecule has 132 valence electrons. The van der Waals surface area contributed by atoms with Gasteiger partial charge in [-0.1, -0.05) is 39.0 Å². The second kappa shape index (κ2) is 7.34. The monoisotopic (exact) mass is 342 g/mol. The number of aryl methyl sites for hydroxylation is 1. The number of ether oxygens (including phenoxy) is 1. The molecule has 0 saturated carbocycles. The first kappa shape index (κ1) is 18.4. The van der Waals surface area contributed by atoms with E-state index in [2.05, 4.69) is 26.1 Å². The van der Waals surface area contributed by atoms with E-state index in [4.69, 9.17) is 4.74 Å². The van der Waals surface area contributed by atoms with Crippen molar-refractivity contribution in [3.05, 3.63) is 63.7 Å². The van der Waals surface area contributed by atoms with Crippen molar-refractivity contribution < 1.29 is 14.5 Å². The summed E-state index contributed by atoms with van der Waals surface area (Å²) in [5.41, 5.74) is 2.51. The quantitative estimate of drug-likeness (QED) is 0.651. The molecule has 0 atom stereocenters. The number of anilines is 1. The Balaban J connectivity index is 2.00. The summed E-state index contributed by atoms with van der Waals surface area (Å²) in [6, 6.07) is 12.1. The average molecular weight is 342 g/mol. The highest BCUT2D eigenvalue weighted by Gasteiger charge is 2.16. The lowest BCUT2D eigenvalue weighted by Crippen LogP contribution is -2.20. The SMILES string of the molecule is Cc1ccc([N+](=O)[O-])c(OCC(=O)Nc2ccc(C(C)(C)C)cc2)c1. The number of carbonyl (C=O) groups is 1. The van der Waals surface area contributed by atoms with Crippen LogP contribution in [0.5, 0.6) is 5.75 Å². The van der Waals surface area contributed by atoms with E-state index in [1.165, 1.54) is 6.07 Å². The van der Waals surface area contributed by atoms with Gasteiger partial charge in [0.25, 0.3) is 5.91 Å². The van der Waals surface area contributed by atoms with Crippen LogP contribution in [0.4, 0.5) is 11.4 Å². The summed E-state index contributed by atoms with van der Waals surface area (Å²) in [6.07, 6.45) is 0. The van der Waals surface area contributed by atoms with Gasteiger partial charge in [-0.3, -0.25) is 14.9 Å². The topological polar surface area (TPSA) is 81.5 Å². The normalized spacial score (nSPS) is 11.0. The number of nitrogens with zero attached hydrogens (tertiary/aromatic N) is 1. The van der Waals surface area contributed by atoms with Gasteiger partial charge in [0.05, 0.1) is 4.92 Å². The van der Waals surface area contributed by atoms with Gasteiger partial charge in [0.2, 0.25) is 0 Å². The number of nitrogens with one attached hydrogen (secondary N) is 1. The highest BCUT2D eigenvalue weighted by Crippen LogP contribution is 2.28. The zero-order chi connectivity index (χ0) is 18.6. The molecule has 6 nitrogen and oxygen atoms in total. The number of amides is 1. The van der Waals surface area contributed by atoms with Gasteiger partial charge in [-0.05, 0) is 41.7 Å². The Hall–Kier alpha value is -2.89. The Morgan fingerprint density at radius 2 is 1.80 bits per heavy atom. The molecule has 2 rings (SSSR count). The van der Waals surface area contributed by atoms with E-state index in [1.807, 2.05) is 24.3 Å². The maximum Gasteiger partial charge on any atom is 0.310 e. The van der Waals surface area contributed by atoms with Gasteiger partial charge in [-0.15, -0.1) is 0 Å². The second-order valence-electron chi connectivity index (χ2n) is 6.89. The van der Waals surface area contributed by atoms with Gasteiger partial charge in [-0.2, -0.15) is 0 Å². The number of nitro benzene ring substituents is 1. The third-order valence-corrected chi connectivity index (χ3v) is 3.71. The van der Waals surface area contributed by atoms with Gasteiger partial charge in [-0.25, -0.2) is 0 Å². The molecule has 2 aromatic carbocycles. The van der Waals surface area contributed by atoms with Crippen molar-refractivity contribution in [2.45, 2.75) is 33.1 Å². The Morgan fingerprint density at radius 3 is 2.36 bits per heavy atom. The van der Waals surface area contributed by atoms with Crippen LogP contribution in [0.1, 0.15) is 31.9 Å². The summed E-state index contributed by atoms with van der Waals surface area (Å²) in [4.78, 5) is 22.5. The minimum absolute atomic E-state index is 0.0375. The van der Waals surface area contributed by atoms with Crippen LogP contribution >= 0.6 is 0 Å². The standard InChI is InChI=1S/C19H22N2O4/c1-13-5-10-16(21(23)24)17(11-13)25-12-18(22)20-15-8-6-14(7-9-15)19(2,3)4/h5-11H,12H2,1-4H3,(H,20,22). The van der Waals surface area contributed by atoms with E-state index in [-0.39, 0.29) is 29.4 Å². The van der Waals surface area contributed by atoms with Gasteiger partial charge in [0.15, 0.2) is 12.4 Å². The number of hydrogen-bond acceptors (Lipinski definition) is 4. The Morgan fingerprint density at radius 1 is 1.16 bits per heavy atom. The van der Waals surface area contributed by atoms with Crippen molar-refractivity contribution in [1.29, 1.82) is 0 Å². The second-order valence-corrected chi connectivity index (χ2v) is 6.89. The highest BCUT2D eigenvalue weighted by molar-refractivity contribution is 5.91. The van der Waals surface area contributed by atoms with Crippen molar-refractivity contribution in [1.82, 2.24) is 0 Å². The number of benzene rings is 2. The summed E-state index contributed by atoms with van der Waals surface area (Å²) in [6.45, 7) is 7.84. The summed E-state index contributed by atoms with van der Waals surface area (Å²) in [7, 11) is 0. The Kier molecular flexibility index (Phi) is 5.41. The van der Waals surface area contributed by atoms with E-state index in [0.717, 1.165) is 11.1 Å². The largest absolute Gasteiger partial charge is 0.477 e. The number of hydrogen-bond donors (Lipinski definition) is 1. The smallest absolute Gasteiger partial charge is 0.310 e. The molecule has 0 radical (unpaired) electrons. The van der Waals surface area contributed by atoms with Crippen molar-refractivity contribution >= 4 is 17.3 Å². The summed E-state index contributed by atoms with van der Waals surface area (Å²) >= 11 is 0. The fourth-order valence-corrected chi connectivity index (χ4v) is 2.28. The fraction of sp³-hybridized carbons (Fsp3) is 0.316. The van der Waals surface area contributed by atoms with Crippen molar-refractivity contribution in [2.75, 3.05) is 11.9 Å². The minimum Gasteiger partial charge on any atom is -0.477 e. The van der Waals surface area contributed by atoms with Crippen molar-refractivity contribution in [3.63, 3.8) is 0 Å². The molecule has 0 aromatic heterocycles. The summed E-state index contributed by atoms with van der Waals surface area (Å²) < 4.78 is 5.34. The predicted octanol–water partition coefficient (Wildman–Crippen LogP) is 4.22. The molecule has 0 unspecified atom stereocenters. The third-order valence-electron chi connectivity index (χ3n) is 3.71. The van der Waals surface area contributed by atoms with Crippen LogP contribution < -0.4 is 10.1 Å². The van der Waals surface area contributed by atoms with Gasteiger partial charge >= 0.3 is 5.69 Å². The van der Waals surface area contributed by atoms with E-state index < -0.39 is 4.92 Å². The minimum atomic E-state index is -0.530. The first-order chi connectivity index (χ1) is 11.7. The molecule has 1 N–H and O–H groups in total. The first-order valence-corrected chi connectivity index (χ1v) is 7.95. The van der Waals surface area contributed by atoms with E-state index >= 15 is 0 Å². The van der Waals surface area contributed by atoms with Crippen LogP contribution in [-0.4, -0.2) is 17.4 Å². The van der Waals surface area contributed by atoms with Crippen molar-refractivity contribution in [2.24, 2.45) is 0 Å². The molecule has 0 saturated heterocycles. The van der Waals surface area contributed by atoms with Gasteiger partial charge < -0.3 is 10.1 Å². The number of carbonyl (C=O) groups excluding carboxylic acids is 1. The molecule has 0 fully saturated rings. The molecular formula is C19H22N2O4. The molecule has 2 aromatic rings. The lowest BCUT2D eigenvalue weighted by Gasteiger charge is -2.19. The summed E-state index contributed by atoms with van der Waals surface area (Å²) in [5, 5.41) is 13.7. The molecule has 0 aliphatic heterocycles. The lowest BCUT2D eigenvalue weighted by atomic mass is 9.87. The van der Waals surface area contributed by atoms with Gasteiger partial charge in [0.1, 0.15) is 0 Å². The first-order valence-electron chi connectivity index (χ1n) is 7.95. The Bertz CT molecular complexity index is 777. The van der Waals surface area contributed by atoms with Crippen LogP contribution in [0, 0.1) is 17.0 Å². The number of nitro groups is 1. The fourth-order valence-electron chi connectivity index (χ4n) is 2.28. The average Bonchev–Trinajstić information content (AvgIpc) is 2.52. The molecule has 6 heteroatoms. The highest BCUT2D eigenvalue weighted by atomic mass is 16.6. The molecule has 25 heavy (non-hydrogen) atoms. The molecule has 0 spiro atoms. The van der Waals surface area contributed by atoms with E-state index in [0.29, 0.717) is 5.69 Å². The maximum atomic E-state index is 12.0. The van der Waals surface area contributed by atoms with Crippen LogP contribution in [0.25, 0.3) is 0 Å². The van der Waals surface area contributed by atoms with E-state index in [1.54, 1.807) is 19.1 Å². The maximum absolute atomic E-state index is 12.0. The lowest BCUT2D eigenvalue weighted by molar-refractivity contribution is -0.385. The molecule has 0 aliphatic rings. The zero-order valence-corrected chi connectivity index (χ0v) is 14.8.